The van der Waals surface area contributed by atoms with Gasteiger partial charge in [-0.3, -0.25) is 0 Å². The average molecular weight is 167 g/mol. The van der Waals surface area contributed by atoms with E-state index in [9.17, 15) is 4.79 Å². The normalized spacial score (nSPS) is 9.75. The molecule has 1 rings (SSSR count). The lowest BCUT2D eigenvalue weighted by Crippen LogP contribution is -2.07. The topological polar surface area (TPSA) is 89.1 Å². The molecule has 0 saturated heterocycles. The fourth-order valence-corrected chi connectivity index (χ4v) is 0.785. The minimum absolute atomic E-state index is 0.0562. The molecule has 0 spiro atoms. The summed E-state index contributed by atoms with van der Waals surface area (Å²) in [5.41, 5.74) is 5.30. The molecule has 0 fully saturated rings. The van der Waals surface area contributed by atoms with Crippen LogP contribution in [0, 0.1) is 0 Å². The molecule has 0 saturated carbocycles. The number of aromatic carboxylic acids is 1. The van der Waals surface area contributed by atoms with Crippen LogP contribution in [0.1, 0.15) is 23.2 Å². The number of nitrogens with two attached hydrogens (primary N) is 1. The molecule has 0 aliphatic heterocycles. The molecule has 3 N–H and O–H groups in total. The SMILES string of the molecule is CCc1nc(N)cc(C(=O)O)n1. The summed E-state index contributed by atoms with van der Waals surface area (Å²) in [5.74, 6) is -0.439. The lowest BCUT2D eigenvalue weighted by atomic mass is 10.3. The van der Waals surface area contributed by atoms with Crippen LogP contribution in [0.3, 0.4) is 0 Å². The summed E-state index contributed by atoms with van der Waals surface area (Å²) >= 11 is 0. The molecule has 0 bridgehead atoms. The first-order valence-electron chi connectivity index (χ1n) is 3.50. The van der Waals surface area contributed by atoms with E-state index in [-0.39, 0.29) is 11.5 Å². The van der Waals surface area contributed by atoms with E-state index in [1.807, 2.05) is 6.92 Å². The maximum absolute atomic E-state index is 10.5. The number of carbonyl (C=O) groups is 1. The van der Waals surface area contributed by atoms with Gasteiger partial charge in [-0.1, -0.05) is 6.92 Å². The van der Waals surface area contributed by atoms with Crippen LogP contribution in [0.5, 0.6) is 0 Å². The molecule has 5 heteroatoms. The number of aryl methyl sites for hydroxylation is 1. The highest BCUT2D eigenvalue weighted by atomic mass is 16.4. The molecule has 0 aliphatic rings. The van der Waals surface area contributed by atoms with E-state index in [0.29, 0.717) is 12.2 Å². The van der Waals surface area contributed by atoms with Gasteiger partial charge in [0.15, 0.2) is 5.69 Å². The highest BCUT2D eigenvalue weighted by Crippen LogP contribution is 2.03. The van der Waals surface area contributed by atoms with Gasteiger partial charge in [-0.2, -0.15) is 0 Å². The maximum atomic E-state index is 10.5. The second kappa shape index (κ2) is 3.17. The van der Waals surface area contributed by atoms with Crippen molar-refractivity contribution in [1.82, 2.24) is 9.97 Å². The van der Waals surface area contributed by atoms with Gasteiger partial charge >= 0.3 is 5.97 Å². The summed E-state index contributed by atoms with van der Waals surface area (Å²) in [6.45, 7) is 1.83. The fourth-order valence-electron chi connectivity index (χ4n) is 0.785. The van der Waals surface area contributed by atoms with Crippen LogP contribution in [-0.4, -0.2) is 21.0 Å². The minimum atomic E-state index is -1.08. The molecule has 0 unspecified atom stereocenters. The molecule has 0 amide bonds. The van der Waals surface area contributed by atoms with Gasteiger partial charge in [0.2, 0.25) is 0 Å². The number of aromatic nitrogens is 2. The average Bonchev–Trinajstić information content (AvgIpc) is 2.03. The molecular weight excluding hydrogens is 158 g/mol. The standard InChI is InChI=1S/C7H9N3O2/c1-2-6-9-4(7(11)12)3-5(8)10-6/h3H,2H2,1H3,(H,11,12)(H2,8,9,10). The van der Waals surface area contributed by atoms with Gasteiger partial charge in [0.25, 0.3) is 0 Å². The summed E-state index contributed by atoms with van der Waals surface area (Å²) in [7, 11) is 0. The van der Waals surface area contributed by atoms with Gasteiger partial charge in [0.05, 0.1) is 0 Å². The Labute approximate surface area is 69.3 Å². The summed E-state index contributed by atoms with van der Waals surface area (Å²) in [5, 5.41) is 8.58. The smallest absolute Gasteiger partial charge is 0.354 e. The molecule has 1 heterocycles. The van der Waals surface area contributed by atoms with Crippen LogP contribution in [0.15, 0.2) is 6.07 Å². The lowest BCUT2D eigenvalue weighted by molar-refractivity contribution is 0.0690. The second-order valence-corrected chi connectivity index (χ2v) is 2.25. The van der Waals surface area contributed by atoms with E-state index >= 15 is 0 Å². The van der Waals surface area contributed by atoms with Crippen LogP contribution < -0.4 is 5.73 Å². The summed E-state index contributed by atoms with van der Waals surface area (Å²) in [6, 6.07) is 1.24. The van der Waals surface area contributed by atoms with E-state index in [4.69, 9.17) is 10.8 Å². The molecule has 1 aromatic heterocycles. The van der Waals surface area contributed by atoms with E-state index in [1.165, 1.54) is 6.07 Å². The Balaban J connectivity index is 3.15. The Kier molecular flexibility index (Phi) is 2.23. The Bertz CT molecular complexity index is 312. The fraction of sp³-hybridized carbons (Fsp3) is 0.286. The monoisotopic (exact) mass is 167 g/mol. The van der Waals surface area contributed by atoms with Crippen LogP contribution >= 0.6 is 0 Å². The zero-order chi connectivity index (χ0) is 9.14. The van der Waals surface area contributed by atoms with Gasteiger partial charge in [-0.15, -0.1) is 0 Å². The van der Waals surface area contributed by atoms with Gasteiger partial charge in [-0.25, -0.2) is 14.8 Å². The van der Waals surface area contributed by atoms with Gasteiger partial charge < -0.3 is 10.8 Å². The van der Waals surface area contributed by atoms with E-state index in [2.05, 4.69) is 9.97 Å². The van der Waals surface area contributed by atoms with Crippen molar-refractivity contribution in [2.45, 2.75) is 13.3 Å². The number of hydrogen-bond donors (Lipinski definition) is 2. The molecule has 12 heavy (non-hydrogen) atoms. The van der Waals surface area contributed by atoms with E-state index in [1.54, 1.807) is 0 Å². The number of nitrogens with zero attached hydrogens (tertiary/aromatic N) is 2. The Morgan fingerprint density at radius 1 is 1.67 bits per heavy atom. The summed E-state index contributed by atoms with van der Waals surface area (Å²) < 4.78 is 0. The predicted molar refractivity (Wildman–Crippen MR) is 42.8 cm³/mol. The highest BCUT2D eigenvalue weighted by Gasteiger charge is 2.07. The van der Waals surface area contributed by atoms with Crippen LogP contribution in [0.25, 0.3) is 0 Å². The number of carboxylic acids is 1. The van der Waals surface area contributed by atoms with Crippen molar-refractivity contribution in [1.29, 1.82) is 0 Å². The highest BCUT2D eigenvalue weighted by molar-refractivity contribution is 5.86. The Morgan fingerprint density at radius 2 is 2.33 bits per heavy atom. The number of hydrogen-bond acceptors (Lipinski definition) is 4. The first-order valence-corrected chi connectivity index (χ1v) is 3.50. The predicted octanol–water partition coefficient (Wildman–Crippen LogP) is 0.319. The molecule has 0 aliphatic carbocycles. The third-order valence-corrected chi connectivity index (χ3v) is 1.33. The maximum Gasteiger partial charge on any atom is 0.354 e. The summed E-state index contributed by atoms with van der Waals surface area (Å²) in [4.78, 5) is 18.1. The largest absolute Gasteiger partial charge is 0.477 e. The van der Waals surface area contributed by atoms with E-state index < -0.39 is 5.97 Å². The second-order valence-electron chi connectivity index (χ2n) is 2.25. The molecule has 0 atom stereocenters. The number of anilines is 1. The molecule has 64 valence electrons. The zero-order valence-electron chi connectivity index (χ0n) is 6.61. The minimum Gasteiger partial charge on any atom is -0.477 e. The third-order valence-electron chi connectivity index (χ3n) is 1.33. The molecular formula is C7H9N3O2. The number of rotatable bonds is 2. The zero-order valence-corrected chi connectivity index (χ0v) is 6.61. The van der Waals surface area contributed by atoms with Crippen molar-refractivity contribution in [3.8, 4) is 0 Å². The quantitative estimate of drug-likeness (QED) is 0.662. The van der Waals surface area contributed by atoms with E-state index in [0.717, 1.165) is 0 Å². The van der Waals surface area contributed by atoms with Gasteiger partial charge in [0, 0.05) is 12.5 Å². The van der Waals surface area contributed by atoms with Crippen molar-refractivity contribution in [2.24, 2.45) is 0 Å². The van der Waals surface area contributed by atoms with Crippen molar-refractivity contribution in [3.63, 3.8) is 0 Å². The Hall–Kier alpha value is -1.65. The van der Waals surface area contributed by atoms with Crippen LogP contribution in [0.4, 0.5) is 5.82 Å². The van der Waals surface area contributed by atoms with Gasteiger partial charge in [-0.05, 0) is 0 Å². The number of carboxylic acid groups (broad SMARTS) is 1. The first-order chi connectivity index (χ1) is 5.63. The van der Waals surface area contributed by atoms with Crippen molar-refractivity contribution in [3.05, 3.63) is 17.6 Å². The van der Waals surface area contributed by atoms with Crippen LogP contribution in [0.2, 0.25) is 0 Å². The Morgan fingerprint density at radius 3 is 2.83 bits per heavy atom. The third kappa shape index (κ3) is 1.69. The van der Waals surface area contributed by atoms with Crippen LogP contribution in [-0.2, 0) is 6.42 Å². The molecule has 0 radical (unpaired) electrons. The van der Waals surface area contributed by atoms with Crippen molar-refractivity contribution >= 4 is 11.8 Å². The molecule has 5 nitrogen and oxygen atoms in total. The first kappa shape index (κ1) is 8.45. The molecule has 0 aromatic carbocycles. The lowest BCUT2D eigenvalue weighted by Gasteiger charge is -1.99. The molecule has 1 aromatic rings. The summed E-state index contributed by atoms with van der Waals surface area (Å²) in [6.07, 6.45) is 0.575. The van der Waals surface area contributed by atoms with Crippen molar-refractivity contribution in [2.75, 3.05) is 5.73 Å². The van der Waals surface area contributed by atoms with Gasteiger partial charge in [0.1, 0.15) is 11.6 Å². The number of nitrogen functional groups attached to an aromatic ring is 1. The van der Waals surface area contributed by atoms with Crippen molar-refractivity contribution < 1.29 is 9.90 Å².